The van der Waals surface area contributed by atoms with Gasteiger partial charge in [0.2, 0.25) is 0 Å². The molecule has 0 saturated heterocycles. The Balaban J connectivity index is 2.82. The van der Waals surface area contributed by atoms with Crippen LogP contribution < -0.4 is 0 Å². The summed E-state index contributed by atoms with van der Waals surface area (Å²) in [6.07, 6.45) is 1.71. The fourth-order valence-electron chi connectivity index (χ4n) is 1.56. The van der Waals surface area contributed by atoms with Gasteiger partial charge in [0.15, 0.2) is 0 Å². The molecule has 2 N–H and O–H groups in total. The second-order valence-electron chi connectivity index (χ2n) is 3.12. The Labute approximate surface area is 75.0 Å². The zero-order chi connectivity index (χ0) is 9.42. The molecule has 2 aromatic rings. The van der Waals surface area contributed by atoms with Crippen LogP contribution in [0, 0.1) is 12.7 Å². The van der Waals surface area contributed by atoms with Gasteiger partial charge >= 0.3 is 0 Å². The maximum absolute atomic E-state index is 13.0. The Morgan fingerprint density at radius 1 is 1.46 bits per heavy atom. The van der Waals surface area contributed by atoms with Crippen molar-refractivity contribution in [2.24, 2.45) is 0 Å². The van der Waals surface area contributed by atoms with Crippen LogP contribution in [0.3, 0.4) is 0 Å². The highest BCUT2D eigenvalue weighted by atomic mass is 19.1. The van der Waals surface area contributed by atoms with Crippen molar-refractivity contribution in [1.29, 1.82) is 0 Å². The summed E-state index contributed by atoms with van der Waals surface area (Å²) in [5, 5.41) is 9.73. The Morgan fingerprint density at radius 2 is 2.23 bits per heavy atom. The number of benzene rings is 1. The van der Waals surface area contributed by atoms with Crippen LogP contribution in [0.2, 0.25) is 0 Å². The zero-order valence-corrected chi connectivity index (χ0v) is 7.26. The van der Waals surface area contributed by atoms with Crippen molar-refractivity contribution in [2.75, 3.05) is 0 Å². The molecule has 2 rings (SSSR count). The topological polar surface area (TPSA) is 36.0 Å². The quantitative estimate of drug-likeness (QED) is 0.691. The minimum Gasteiger partial charge on any atom is -0.392 e. The second kappa shape index (κ2) is 2.85. The van der Waals surface area contributed by atoms with E-state index in [1.165, 1.54) is 12.1 Å². The van der Waals surface area contributed by atoms with E-state index in [0.29, 0.717) is 0 Å². The minimum atomic E-state index is -0.265. The second-order valence-corrected chi connectivity index (χ2v) is 3.12. The predicted octanol–water partition coefficient (Wildman–Crippen LogP) is 2.11. The molecule has 68 valence electrons. The van der Waals surface area contributed by atoms with E-state index < -0.39 is 0 Å². The fraction of sp³-hybridized carbons (Fsp3) is 0.200. The largest absolute Gasteiger partial charge is 0.392 e. The van der Waals surface area contributed by atoms with Crippen LogP contribution in [-0.2, 0) is 6.61 Å². The lowest BCUT2D eigenvalue weighted by molar-refractivity contribution is 0.283. The summed E-state index contributed by atoms with van der Waals surface area (Å²) >= 11 is 0. The van der Waals surface area contributed by atoms with Gasteiger partial charge in [0.1, 0.15) is 5.82 Å². The van der Waals surface area contributed by atoms with Crippen LogP contribution in [0.1, 0.15) is 11.1 Å². The number of aliphatic hydroxyl groups excluding tert-OH is 1. The van der Waals surface area contributed by atoms with Gasteiger partial charge in [0.25, 0.3) is 0 Å². The van der Waals surface area contributed by atoms with Crippen LogP contribution in [0.15, 0.2) is 18.3 Å². The number of aromatic amines is 1. The zero-order valence-electron chi connectivity index (χ0n) is 7.26. The molecule has 0 aliphatic rings. The van der Waals surface area contributed by atoms with Crippen LogP contribution >= 0.6 is 0 Å². The SMILES string of the molecule is Cc1cc(F)cc2c(CO)c[nH]c12. The normalized spacial score (nSPS) is 11.0. The molecule has 1 aromatic heterocycles. The van der Waals surface area contributed by atoms with Gasteiger partial charge in [0.05, 0.1) is 6.61 Å². The van der Waals surface area contributed by atoms with Gasteiger partial charge in [-0.15, -0.1) is 0 Å². The Morgan fingerprint density at radius 3 is 2.92 bits per heavy atom. The van der Waals surface area contributed by atoms with Crippen LogP contribution in [0.4, 0.5) is 4.39 Å². The number of aromatic nitrogens is 1. The first-order valence-electron chi connectivity index (χ1n) is 4.09. The van der Waals surface area contributed by atoms with E-state index in [9.17, 15) is 4.39 Å². The molecule has 0 fully saturated rings. The Hall–Kier alpha value is -1.35. The van der Waals surface area contributed by atoms with Crippen LogP contribution in [0.25, 0.3) is 10.9 Å². The third-order valence-electron chi connectivity index (χ3n) is 2.21. The third-order valence-corrected chi connectivity index (χ3v) is 2.21. The predicted molar refractivity (Wildman–Crippen MR) is 48.9 cm³/mol. The first kappa shape index (κ1) is 8.26. The molecule has 0 aliphatic carbocycles. The lowest BCUT2D eigenvalue weighted by atomic mass is 10.1. The molecular weight excluding hydrogens is 169 g/mol. The standard InChI is InChI=1S/C10H10FNO/c1-6-2-8(11)3-9-7(5-13)4-12-10(6)9/h2-4,12-13H,5H2,1H3. The molecule has 0 saturated carbocycles. The number of hydrogen-bond donors (Lipinski definition) is 2. The maximum Gasteiger partial charge on any atom is 0.124 e. The number of aryl methyl sites for hydroxylation is 1. The average Bonchev–Trinajstić information content (AvgIpc) is 2.47. The van der Waals surface area contributed by atoms with Crippen molar-refractivity contribution in [3.8, 4) is 0 Å². The number of rotatable bonds is 1. The molecule has 1 heterocycles. The molecule has 3 heteroatoms. The molecular formula is C10H10FNO. The first-order valence-corrected chi connectivity index (χ1v) is 4.09. The van der Waals surface area contributed by atoms with Gasteiger partial charge in [-0.3, -0.25) is 0 Å². The molecule has 0 amide bonds. The summed E-state index contributed by atoms with van der Waals surface area (Å²) in [6, 6.07) is 2.91. The highest BCUT2D eigenvalue weighted by molar-refractivity contribution is 5.85. The van der Waals surface area contributed by atoms with Crippen molar-refractivity contribution in [3.63, 3.8) is 0 Å². The molecule has 0 bridgehead atoms. The van der Waals surface area contributed by atoms with Gasteiger partial charge in [-0.25, -0.2) is 4.39 Å². The maximum atomic E-state index is 13.0. The number of hydrogen-bond acceptors (Lipinski definition) is 1. The average molecular weight is 179 g/mol. The molecule has 0 aliphatic heterocycles. The van der Waals surface area contributed by atoms with Gasteiger partial charge in [-0.1, -0.05) is 0 Å². The lowest BCUT2D eigenvalue weighted by Gasteiger charge is -1.97. The molecule has 0 radical (unpaired) electrons. The summed E-state index contributed by atoms with van der Waals surface area (Å²) in [6.45, 7) is 1.77. The van der Waals surface area contributed by atoms with Crippen molar-refractivity contribution < 1.29 is 9.50 Å². The molecule has 2 nitrogen and oxygen atoms in total. The third kappa shape index (κ3) is 1.21. The van der Waals surface area contributed by atoms with E-state index in [2.05, 4.69) is 4.98 Å². The molecule has 13 heavy (non-hydrogen) atoms. The Bertz CT molecular complexity index is 447. The van der Waals surface area contributed by atoms with Gasteiger partial charge in [-0.05, 0) is 24.6 Å². The summed E-state index contributed by atoms with van der Waals surface area (Å²) < 4.78 is 13.0. The summed E-state index contributed by atoms with van der Waals surface area (Å²) in [4.78, 5) is 3.01. The van der Waals surface area contributed by atoms with Crippen LogP contribution in [-0.4, -0.2) is 10.1 Å². The number of aliphatic hydroxyl groups is 1. The van der Waals surface area contributed by atoms with Crippen LogP contribution in [0.5, 0.6) is 0 Å². The van der Waals surface area contributed by atoms with E-state index in [1.807, 2.05) is 6.92 Å². The highest BCUT2D eigenvalue weighted by Crippen LogP contribution is 2.22. The van der Waals surface area contributed by atoms with Crippen molar-refractivity contribution in [2.45, 2.75) is 13.5 Å². The molecule has 0 unspecified atom stereocenters. The van der Waals surface area contributed by atoms with Gasteiger partial charge in [0, 0.05) is 22.7 Å². The minimum absolute atomic E-state index is 0.0666. The molecule has 0 atom stereocenters. The highest BCUT2D eigenvalue weighted by Gasteiger charge is 2.06. The van der Waals surface area contributed by atoms with E-state index >= 15 is 0 Å². The van der Waals surface area contributed by atoms with E-state index in [0.717, 1.165) is 22.0 Å². The fourth-order valence-corrected chi connectivity index (χ4v) is 1.56. The van der Waals surface area contributed by atoms with E-state index in [1.54, 1.807) is 6.20 Å². The lowest BCUT2D eigenvalue weighted by Crippen LogP contribution is -1.83. The molecule has 0 spiro atoms. The van der Waals surface area contributed by atoms with Crippen molar-refractivity contribution >= 4 is 10.9 Å². The number of fused-ring (bicyclic) bond motifs is 1. The van der Waals surface area contributed by atoms with Gasteiger partial charge < -0.3 is 10.1 Å². The van der Waals surface area contributed by atoms with E-state index in [-0.39, 0.29) is 12.4 Å². The number of halogens is 1. The molecule has 1 aromatic carbocycles. The van der Waals surface area contributed by atoms with Crippen molar-refractivity contribution in [3.05, 3.63) is 35.3 Å². The van der Waals surface area contributed by atoms with E-state index in [4.69, 9.17) is 5.11 Å². The monoisotopic (exact) mass is 179 g/mol. The van der Waals surface area contributed by atoms with Crippen molar-refractivity contribution in [1.82, 2.24) is 4.98 Å². The summed E-state index contributed by atoms with van der Waals surface area (Å²) in [7, 11) is 0. The van der Waals surface area contributed by atoms with Gasteiger partial charge in [-0.2, -0.15) is 0 Å². The number of nitrogens with one attached hydrogen (secondary N) is 1. The summed E-state index contributed by atoms with van der Waals surface area (Å²) in [5.74, 6) is -0.265. The first-order chi connectivity index (χ1) is 6.22. The number of H-pyrrole nitrogens is 1. The Kier molecular flexibility index (Phi) is 1.81. The summed E-state index contributed by atoms with van der Waals surface area (Å²) in [5.41, 5.74) is 2.48. The smallest absolute Gasteiger partial charge is 0.124 e.